The van der Waals surface area contributed by atoms with Gasteiger partial charge in [0.05, 0.1) is 5.75 Å². The van der Waals surface area contributed by atoms with E-state index in [0.717, 1.165) is 27.7 Å². The molecule has 6 heteroatoms. The van der Waals surface area contributed by atoms with Crippen LogP contribution in [0.1, 0.15) is 26.3 Å². The molecule has 0 bridgehead atoms. The van der Waals surface area contributed by atoms with Crippen molar-refractivity contribution in [2.45, 2.75) is 31.4 Å². The van der Waals surface area contributed by atoms with Crippen molar-refractivity contribution in [3.8, 4) is 11.5 Å². The highest BCUT2D eigenvalue weighted by atomic mass is 32.2. The summed E-state index contributed by atoms with van der Waals surface area (Å²) in [4.78, 5) is 15.2. The van der Waals surface area contributed by atoms with Gasteiger partial charge in [0, 0.05) is 16.9 Å². The van der Waals surface area contributed by atoms with Crippen LogP contribution >= 0.6 is 11.8 Å². The Kier molecular flexibility index (Phi) is 6.61. The minimum Gasteiger partial charge on any atom is -0.411 e. The van der Waals surface area contributed by atoms with Gasteiger partial charge in [0.2, 0.25) is 11.8 Å². The lowest BCUT2D eigenvalue weighted by atomic mass is 9.87. The van der Waals surface area contributed by atoms with Gasteiger partial charge < -0.3 is 4.42 Å². The molecule has 0 radical (unpaired) electrons. The number of benzene rings is 4. The van der Waals surface area contributed by atoms with E-state index < -0.39 is 0 Å². The molecule has 5 aromatic rings. The SMILES string of the molecule is CC(C)(C)c1ccc(-c2nnc(SCC(=O)N(c3ccccc3)c3ccc4ccccc4c3)o2)cc1. The first-order valence-corrected chi connectivity index (χ1v) is 12.8. The fourth-order valence-electron chi connectivity index (χ4n) is 4.02. The van der Waals surface area contributed by atoms with E-state index in [9.17, 15) is 4.79 Å². The van der Waals surface area contributed by atoms with Gasteiger partial charge in [-0.1, -0.05) is 93.2 Å². The van der Waals surface area contributed by atoms with Crippen LogP contribution < -0.4 is 4.90 Å². The minimum absolute atomic E-state index is 0.0734. The first-order valence-electron chi connectivity index (χ1n) is 11.8. The number of rotatable bonds is 6. The third kappa shape index (κ3) is 5.19. The molecule has 1 amide bonds. The quantitative estimate of drug-likeness (QED) is 0.227. The maximum Gasteiger partial charge on any atom is 0.277 e. The van der Waals surface area contributed by atoms with Gasteiger partial charge in [0.1, 0.15) is 0 Å². The number of fused-ring (bicyclic) bond motifs is 1. The molecule has 0 spiro atoms. The standard InChI is InChI=1S/C30H27N3O2S/c1-30(2,3)24-16-13-22(14-17-24)28-31-32-29(35-28)36-20-27(34)33(25-11-5-4-6-12-25)26-18-15-21-9-7-8-10-23(21)19-26/h4-19H,20H2,1-3H3. The second-order valence-corrected chi connectivity index (χ2v) is 10.5. The Labute approximate surface area is 215 Å². The van der Waals surface area contributed by atoms with Gasteiger partial charge >= 0.3 is 0 Å². The van der Waals surface area contributed by atoms with Crippen LogP contribution in [0.15, 0.2) is 107 Å². The summed E-state index contributed by atoms with van der Waals surface area (Å²) in [7, 11) is 0. The van der Waals surface area contributed by atoms with Crippen molar-refractivity contribution < 1.29 is 9.21 Å². The highest BCUT2D eigenvalue weighted by molar-refractivity contribution is 7.99. The molecule has 0 saturated heterocycles. The van der Waals surface area contributed by atoms with Crippen molar-refractivity contribution in [2.75, 3.05) is 10.7 Å². The Morgan fingerprint density at radius 3 is 2.22 bits per heavy atom. The lowest BCUT2D eigenvalue weighted by molar-refractivity contribution is -0.115. The van der Waals surface area contributed by atoms with E-state index in [1.54, 1.807) is 4.90 Å². The Hall–Kier alpha value is -3.90. The number of nitrogens with zero attached hydrogens (tertiary/aromatic N) is 3. The summed E-state index contributed by atoms with van der Waals surface area (Å²) >= 11 is 1.24. The predicted molar refractivity (Wildman–Crippen MR) is 147 cm³/mol. The molecule has 0 aliphatic carbocycles. The van der Waals surface area contributed by atoms with Gasteiger partial charge in [-0.3, -0.25) is 9.69 Å². The Morgan fingerprint density at radius 1 is 0.806 bits per heavy atom. The number of carbonyl (C=O) groups is 1. The largest absolute Gasteiger partial charge is 0.411 e. The second-order valence-electron chi connectivity index (χ2n) is 9.59. The smallest absolute Gasteiger partial charge is 0.277 e. The summed E-state index contributed by atoms with van der Waals surface area (Å²) < 4.78 is 5.86. The van der Waals surface area contributed by atoms with Crippen LogP contribution in [0, 0.1) is 0 Å². The van der Waals surface area contributed by atoms with Crippen molar-refractivity contribution in [3.63, 3.8) is 0 Å². The molecule has 180 valence electrons. The molecule has 5 nitrogen and oxygen atoms in total. The van der Waals surface area contributed by atoms with E-state index >= 15 is 0 Å². The summed E-state index contributed by atoms with van der Waals surface area (Å²) in [5.74, 6) is 0.530. The van der Waals surface area contributed by atoms with Crippen LogP contribution in [-0.2, 0) is 10.2 Å². The van der Waals surface area contributed by atoms with Crippen LogP contribution in [0.3, 0.4) is 0 Å². The van der Waals surface area contributed by atoms with Crippen LogP contribution in [0.2, 0.25) is 0 Å². The number of aromatic nitrogens is 2. The first-order chi connectivity index (χ1) is 17.4. The molecule has 0 N–H and O–H groups in total. The fourth-order valence-corrected chi connectivity index (χ4v) is 4.63. The zero-order valence-electron chi connectivity index (χ0n) is 20.5. The number of carbonyl (C=O) groups excluding carboxylic acids is 1. The molecule has 0 fully saturated rings. The van der Waals surface area contributed by atoms with Gasteiger partial charge in [-0.05, 0) is 58.1 Å². The number of amides is 1. The second kappa shape index (κ2) is 9.99. The third-order valence-electron chi connectivity index (χ3n) is 5.98. The van der Waals surface area contributed by atoms with E-state index in [1.807, 2.05) is 72.8 Å². The van der Waals surface area contributed by atoms with E-state index in [-0.39, 0.29) is 17.1 Å². The predicted octanol–water partition coefficient (Wildman–Crippen LogP) is 7.64. The Bertz CT molecular complexity index is 1490. The van der Waals surface area contributed by atoms with Gasteiger partial charge in [0.25, 0.3) is 5.22 Å². The summed E-state index contributed by atoms with van der Waals surface area (Å²) in [6.07, 6.45) is 0. The molecule has 4 aromatic carbocycles. The number of hydrogen-bond acceptors (Lipinski definition) is 5. The maximum atomic E-state index is 13.5. The average molecular weight is 494 g/mol. The third-order valence-corrected chi connectivity index (χ3v) is 6.78. The van der Waals surface area contributed by atoms with Crippen LogP contribution in [0.5, 0.6) is 0 Å². The zero-order valence-corrected chi connectivity index (χ0v) is 21.3. The molecule has 1 heterocycles. The van der Waals surface area contributed by atoms with Crippen LogP contribution in [-0.4, -0.2) is 21.9 Å². The molecular weight excluding hydrogens is 466 g/mol. The average Bonchev–Trinajstić information content (AvgIpc) is 3.37. The molecule has 0 aliphatic rings. The van der Waals surface area contributed by atoms with Crippen molar-refractivity contribution >= 4 is 39.8 Å². The molecule has 0 aliphatic heterocycles. The van der Waals surface area contributed by atoms with Gasteiger partial charge in [-0.25, -0.2) is 0 Å². The van der Waals surface area contributed by atoms with Gasteiger partial charge in [-0.2, -0.15) is 0 Å². The molecule has 0 unspecified atom stereocenters. The highest BCUT2D eigenvalue weighted by Gasteiger charge is 2.20. The highest BCUT2D eigenvalue weighted by Crippen LogP contribution is 2.31. The van der Waals surface area contributed by atoms with Gasteiger partial charge in [0.15, 0.2) is 0 Å². The van der Waals surface area contributed by atoms with Crippen molar-refractivity contribution in [3.05, 3.63) is 103 Å². The summed E-state index contributed by atoms with van der Waals surface area (Å²) in [5.41, 5.74) is 3.79. The number of hydrogen-bond donors (Lipinski definition) is 0. The molecule has 36 heavy (non-hydrogen) atoms. The number of thioether (sulfide) groups is 1. The van der Waals surface area contributed by atoms with E-state index in [1.165, 1.54) is 17.3 Å². The van der Waals surface area contributed by atoms with Crippen LogP contribution in [0.25, 0.3) is 22.2 Å². The number of para-hydroxylation sites is 1. The summed E-state index contributed by atoms with van der Waals surface area (Å²) in [6.45, 7) is 6.53. The summed E-state index contributed by atoms with van der Waals surface area (Å²) in [6, 6.07) is 32.0. The molecule has 1 aromatic heterocycles. The maximum absolute atomic E-state index is 13.5. The Balaban J connectivity index is 1.35. The number of anilines is 2. The lowest BCUT2D eigenvalue weighted by Gasteiger charge is -2.23. The van der Waals surface area contributed by atoms with E-state index in [0.29, 0.717) is 11.1 Å². The monoisotopic (exact) mass is 493 g/mol. The van der Waals surface area contributed by atoms with Gasteiger partial charge in [-0.15, -0.1) is 10.2 Å². The Morgan fingerprint density at radius 2 is 1.50 bits per heavy atom. The topological polar surface area (TPSA) is 59.2 Å². The van der Waals surface area contributed by atoms with Crippen LogP contribution in [0.4, 0.5) is 11.4 Å². The fraction of sp³-hybridized carbons (Fsp3) is 0.167. The van der Waals surface area contributed by atoms with Crippen molar-refractivity contribution in [1.82, 2.24) is 10.2 Å². The van der Waals surface area contributed by atoms with E-state index in [2.05, 4.69) is 55.2 Å². The van der Waals surface area contributed by atoms with Crippen molar-refractivity contribution in [1.29, 1.82) is 0 Å². The normalized spacial score (nSPS) is 11.5. The molecular formula is C30H27N3O2S. The molecule has 0 atom stereocenters. The van der Waals surface area contributed by atoms with Crippen molar-refractivity contribution in [2.24, 2.45) is 0 Å². The lowest BCUT2D eigenvalue weighted by Crippen LogP contribution is -2.27. The first kappa shape index (κ1) is 23.8. The minimum atomic E-state index is -0.0734. The summed E-state index contributed by atoms with van der Waals surface area (Å²) in [5, 5.41) is 10.9. The zero-order chi connectivity index (χ0) is 25.1. The molecule has 0 saturated carbocycles. The van der Waals surface area contributed by atoms with E-state index in [4.69, 9.17) is 4.42 Å². The molecule has 5 rings (SSSR count).